The Morgan fingerprint density at radius 1 is 1.00 bits per heavy atom. The van der Waals surface area contributed by atoms with Crippen molar-refractivity contribution in [1.82, 2.24) is 15.2 Å². The van der Waals surface area contributed by atoms with Gasteiger partial charge in [-0.25, -0.2) is 0 Å². The second kappa shape index (κ2) is 10.6. The number of hydrogen-bond acceptors (Lipinski definition) is 2. The van der Waals surface area contributed by atoms with Crippen molar-refractivity contribution in [3.63, 3.8) is 0 Å². The van der Waals surface area contributed by atoms with Gasteiger partial charge in [-0.15, -0.1) is 0 Å². The second-order valence-corrected chi connectivity index (χ2v) is 8.49. The molecule has 0 saturated carbocycles. The minimum atomic E-state index is -5.06. The summed E-state index contributed by atoms with van der Waals surface area (Å²) < 4.78 is 79.8. The lowest BCUT2D eigenvalue weighted by atomic mass is 9.97. The van der Waals surface area contributed by atoms with Crippen LogP contribution in [-0.4, -0.2) is 41.8 Å². The van der Waals surface area contributed by atoms with Gasteiger partial charge in [0.05, 0.1) is 11.1 Å². The lowest BCUT2D eigenvalue weighted by molar-refractivity contribution is -0.143. The Labute approximate surface area is 203 Å². The van der Waals surface area contributed by atoms with Gasteiger partial charge in [0.1, 0.15) is 0 Å². The molecule has 36 heavy (non-hydrogen) atoms. The van der Waals surface area contributed by atoms with Crippen LogP contribution in [0.3, 0.4) is 0 Å². The number of fused-ring (bicyclic) bond motifs is 1. The van der Waals surface area contributed by atoms with E-state index in [9.17, 15) is 35.9 Å². The van der Waals surface area contributed by atoms with Crippen LogP contribution < -0.4 is 5.32 Å². The number of nitrogens with one attached hydrogen (secondary N) is 2. The fourth-order valence-corrected chi connectivity index (χ4v) is 4.06. The van der Waals surface area contributed by atoms with Gasteiger partial charge >= 0.3 is 12.4 Å². The lowest BCUT2D eigenvalue weighted by Crippen LogP contribution is -2.39. The van der Waals surface area contributed by atoms with Crippen molar-refractivity contribution >= 4 is 22.7 Å². The van der Waals surface area contributed by atoms with Gasteiger partial charge in [-0.1, -0.05) is 18.2 Å². The van der Waals surface area contributed by atoms with Crippen LogP contribution >= 0.6 is 0 Å². The quantitative estimate of drug-likeness (QED) is 0.374. The maximum Gasteiger partial charge on any atom is 0.416 e. The number of hydrogen-bond donors (Lipinski definition) is 2. The van der Waals surface area contributed by atoms with Gasteiger partial charge in [-0.3, -0.25) is 9.59 Å². The molecule has 1 aromatic heterocycles. The van der Waals surface area contributed by atoms with Crippen LogP contribution in [0.1, 0.15) is 46.3 Å². The summed E-state index contributed by atoms with van der Waals surface area (Å²) in [5.41, 5.74) is -2.15. The first-order valence-corrected chi connectivity index (χ1v) is 11.1. The number of rotatable bonds is 8. The van der Waals surface area contributed by atoms with Gasteiger partial charge in [0.2, 0.25) is 5.91 Å². The van der Waals surface area contributed by atoms with Gasteiger partial charge in [0.15, 0.2) is 0 Å². The number of halogens is 6. The van der Waals surface area contributed by atoms with Crippen molar-refractivity contribution in [2.24, 2.45) is 0 Å². The Hall–Kier alpha value is -3.50. The van der Waals surface area contributed by atoms with Crippen LogP contribution in [-0.2, 0) is 23.6 Å². The molecule has 0 radical (unpaired) electrons. The Morgan fingerprint density at radius 3 is 2.19 bits per heavy atom. The number of carbonyl (C=O) groups is 2. The van der Waals surface area contributed by atoms with E-state index >= 15 is 0 Å². The van der Waals surface area contributed by atoms with Crippen LogP contribution in [0.25, 0.3) is 10.9 Å². The molecule has 11 heteroatoms. The van der Waals surface area contributed by atoms with Crippen molar-refractivity contribution in [2.75, 3.05) is 14.1 Å². The zero-order chi connectivity index (χ0) is 26.7. The number of aromatic nitrogens is 1. The van der Waals surface area contributed by atoms with Crippen LogP contribution in [0.15, 0.2) is 48.7 Å². The monoisotopic (exact) mass is 513 g/mol. The largest absolute Gasteiger partial charge is 0.416 e. The number of amides is 2. The van der Waals surface area contributed by atoms with E-state index in [-0.39, 0.29) is 24.8 Å². The first-order valence-electron chi connectivity index (χ1n) is 11.1. The molecule has 3 aromatic rings. The Bertz CT molecular complexity index is 1200. The molecule has 0 fully saturated rings. The standard InChI is InChI=1S/C25H25F6N3O2/c1-32-22(35)9-5-6-19(12-16-14-33-21-8-4-3-7-20(16)21)34(2)23(36)15-10-17(24(26,27)28)13-18(11-15)25(29,30)31/h3-4,7-8,10-11,13-14,19,33H,5-6,9,12H2,1-2H3,(H,32,35). The van der Waals surface area contributed by atoms with E-state index < -0.39 is 41.0 Å². The van der Waals surface area contributed by atoms with E-state index in [2.05, 4.69) is 10.3 Å². The third-order valence-electron chi connectivity index (χ3n) is 6.05. The highest BCUT2D eigenvalue weighted by atomic mass is 19.4. The van der Waals surface area contributed by atoms with Crippen LogP contribution in [0, 0.1) is 0 Å². The fourth-order valence-electron chi connectivity index (χ4n) is 4.06. The first-order chi connectivity index (χ1) is 16.8. The Balaban J connectivity index is 1.95. The highest BCUT2D eigenvalue weighted by Crippen LogP contribution is 2.36. The third-order valence-corrected chi connectivity index (χ3v) is 6.05. The molecule has 2 amide bonds. The topological polar surface area (TPSA) is 65.2 Å². The highest BCUT2D eigenvalue weighted by molar-refractivity contribution is 5.95. The summed E-state index contributed by atoms with van der Waals surface area (Å²) >= 11 is 0. The van der Waals surface area contributed by atoms with Gasteiger partial charge in [-0.2, -0.15) is 26.3 Å². The molecule has 194 valence electrons. The van der Waals surface area contributed by atoms with E-state index in [1.807, 2.05) is 24.3 Å². The zero-order valence-corrected chi connectivity index (χ0v) is 19.6. The summed E-state index contributed by atoms with van der Waals surface area (Å²) in [7, 11) is 2.82. The summed E-state index contributed by atoms with van der Waals surface area (Å²) in [6.07, 6.45) is -7.27. The molecule has 2 N–H and O–H groups in total. The zero-order valence-electron chi connectivity index (χ0n) is 19.6. The van der Waals surface area contributed by atoms with Crippen molar-refractivity contribution in [3.8, 4) is 0 Å². The van der Waals surface area contributed by atoms with Crippen molar-refractivity contribution < 1.29 is 35.9 Å². The number of aromatic amines is 1. The molecule has 1 atom stereocenters. The molecule has 0 bridgehead atoms. The van der Waals surface area contributed by atoms with E-state index in [1.54, 1.807) is 6.20 Å². The number of H-pyrrole nitrogens is 1. The molecule has 1 heterocycles. The summed E-state index contributed by atoms with van der Waals surface area (Å²) in [5.74, 6) is -1.20. The maximum atomic E-state index is 13.3. The number of para-hydroxylation sites is 1. The smallest absolute Gasteiger partial charge is 0.361 e. The lowest BCUT2D eigenvalue weighted by Gasteiger charge is -2.29. The number of nitrogens with zero attached hydrogens (tertiary/aromatic N) is 1. The average Bonchev–Trinajstić information content (AvgIpc) is 3.23. The van der Waals surface area contributed by atoms with E-state index in [0.29, 0.717) is 25.0 Å². The fraction of sp³-hybridized carbons (Fsp3) is 0.360. The molecule has 0 aliphatic rings. The summed E-state index contributed by atoms with van der Waals surface area (Å²) in [5, 5.41) is 3.37. The van der Waals surface area contributed by atoms with E-state index in [0.717, 1.165) is 21.4 Å². The number of carbonyl (C=O) groups excluding carboxylic acids is 2. The first kappa shape index (κ1) is 27.1. The third kappa shape index (κ3) is 6.38. The minimum absolute atomic E-state index is 0.0104. The summed E-state index contributed by atoms with van der Waals surface area (Å²) in [6, 6.07) is 7.65. The molecule has 0 spiro atoms. The SMILES string of the molecule is CNC(=O)CCCC(Cc1c[nH]c2ccccc12)N(C)C(=O)c1cc(C(F)(F)F)cc(C(F)(F)F)c1. The molecule has 2 aromatic carbocycles. The van der Waals surface area contributed by atoms with Gasteiger partial charge < -0.3 is 15.2 Å². The summed E-state index contributed by atoms with van der Waals surface area (Å²) in [6.45, 7) is 0. The van der Waals surface area contributed by atoms with Crippen LogP contribution in [0.5, 0.6) is 0 Å². The highest BCUT2D eigenvalue weighted by Gasteiger charge is 2.38. The number of likely N-dealkylation sites (N-methyl/N-ethyl adjacent to an activating group) is 1. The average molecular weight is 513 g/mol. The molecule has 0 saturated heterocycles. The van der Waals surface area contributed by atoms with Crippen molar-refractivity contribution in [1.29, 1.82) is 0 Å². The van der Waals surface area contributed by atoms with Crippen molar-refractivity contribution in [3.05, 3.63) is 70.9 Å². The van der Waals surface area contributed by atoms with Crippen LogP contribution in [0.2, 0.25) is 0 Å². The minimum Gasteiger partial charge on any atom is -0.361 e. The van der Waals surface area contributed by atoms with E-state index in [4.69, 9.17) is 0 Å². The molecular weight excluding hydrogens is 488 g/mol. The molecule has 3 rings (SSSR count). The van der Waals surface area contributed by atoms with Gasteiger partial charge in [0, 0.05) is 49.2 Å². The summed E-state index contributed by atoms with van der Waals surface area (Å²) in [4.78, 5) is 29.1. The van der Waals surface area contributed by atoms with Crippen LogP contribution in [0.4, 0.5) is 26.3 Å². The molecule has 5 nitrogen and oxygen atoms in total. The molecule has 1 unspecified atom stereocenters. The maximum absolute atomic E-state index is 13.3. The second-order valence-electron chi connectivity index (χ2n) is 8.49. The molecule has 0 aliphatic heterocycles. The molecular formula is C25H25F6N3O2. The Morgan fingerprint density at radius 2 is 1.61 bits per heavy atom. The number of benzene rings is 2. The normalized spacial score (nSPS) is 13.0. The predicted molar refractivity (Wildman–Crippen MR) is 122 cm³/mol. The number of alkyl halides is 6. The van der Waals surface area contributed by atoms with Gasteiger partial charge in [0.25, 0.3) is 5.91 Å². The van der Waals surface area contributed by atoms with Crippen molar-refractivity contribution in [2.45, 2.75) is 44.1 Å². The Kier molecular flexibility index (Phi) is 8.00. The van der Waals surface area contributed by atoms with Gasteiger partial charge in [-0.05, 0) is 49.1 Å². The van der Waals surface area contributed by atoms with E-state index in [1.165, 1.54) is 14.1 Å². The molecule has 0 aliphatic carbocycles. The predicted octanol–water partition coefficient (Wildman–Crippen LogP) is 5.81.